The van der Waals surface area contributed by atoms with E-state index >= 15 is 0 Å². The number of carbonyl (C=O) groups is 1. The first-order chi connectivity index (χ1) is 17.6. The van der Waals surface area contributed by atoms with Crippen molar-refractivity contribution < 1.29 is 9.53 Å². The molecule has 7 nitrogen and oxygen atoms in total. The van der Waals surface area contributed by atoms with Gasteiger partial charge in [0.05, 0.1) is 24.5 Å². The molecule has 1 fully saturated rings. The number of ether oxygens (including phenoxy) is 1. The van der Waals surface area contributed by atoms with Gasteiger partial charge in [-0.2, -0.15) is 0 Å². The minimum absolute atomic E-state index is 0.0912. The van der Waals surface area contributed by atoms with E-state index in [1.54, 1.807) is 6.20 Å². The Labute approximate surface area is 210 Å². The average molecular weight is 485 g/mol. The molecule has 1 amide bonds. The lowest BCUT2D eigenvalue weighted by atomic mass is 9.97. The number of aromatic nitrogens is 2. The van der Waals surface area contributed by atoms with Crippen LogP contribution in [-0.2, 0) is 11.2 Å². The Morgan fingerprint density at radius 1 is 1.08 bits per heavy atom. The molecule has 0 radical (unpaired) electrons. The number of pyridine rings is 1. The van der Waals surface area contributed by atoms with Gasteiger partial charge < -0.3 is 20.0 Å². The molecule has 0 saturated carbocycles. The van der Waals surface area contributed by atoms with Crippen molar-refractivity contribution in [3.05, 3.63) is 82.3 Å². The Morgan fingerprint density at radius 3 is 2.64 bits per heavy atom. The van der Waals surface area contributed by atoms with E-state index in [1.807, 2.05) is 30.3 Å². The second-order valence-electron chi connectivity index (χ2n) is 9.16. The maximum Gasteiger partial charge on any atom is 0.257 e. The zero-order valence-corrected chi connectivity index (χ0v) is 20.6. The van der Waals surface area contributed by atoms with E-state index in [2.05, 4.69) is 51.4 Å². The highest BCUT2D eigenvalue weighted by atomic mass is 16.5. The van der Waals surface area contributed by atoms with Crippen molar-refractivity contribution in [1.29, 1.82) is 0 Å². The molecule has 0 spiro atoms. The van der Waals surface area contributed by atoms with Crippen LogP contribution in [0.2, 0.25) is 0 Å². The summed E-state index contributed by atoms with van der Waals surface area (Å²) in [6.45, 7) is 7.17. The van der Waals surface area contributed by atoms with E-state index in [1.165, 1.54) is 5.56 Å². The summed E-state index contributed by atoms with van der Waals surface area (Å²) >= 11 is 0. The van der Waals surface area contributed by atoms with Crippen molar-refractivity contribution in [2.24, 2.45) is 0 Å². The van der Waals surface area contributed by atoms with Crippen molar-refractivity contribution in [2.45, 2.75) is 19.8 Å². The largest absolute Gasteiger partial charge is 0.379 e. The average Bonchev–Trinajstić information content (AvgIpc) is 3.30. The number of morpholine rings is 1. The number of H-pyrrole nitrogens is 2. The quantitative estimate of drug-likeness (QED) is 0.327. The zero-order chi connectivity index (χ0) is 24.9. The highest BCUT2D eigenvalue weighted by Crippen LogP contribution is 2.37. The van der Waals surface area contributed by atoms with Crippen molar-refractivity contribution in [1.82, 2.24) is 20.2 Å². The predicted molar refractivity (Wildman–Crippen MR) is 143 cm³/mol. The number of nitrogens with zero attached hydrogens (tertiary/aromatic N) is 1. The van der Waals surface area contributed by atoms with E-state index < -0.39 is 0 Å². The maximum absolute atomic E-state index is 13.0. The number of carbonyl (C=O) groups excluding carboxylic acids is 1. The summed E-state index contributed by atoms with van der Waals surface area (Å²) in [5.41, 5.74) is 5.81. The first kappa shape index (κ1) is 24.0. The van der Waals surface area contributed by atoms with Gasteiger partial charge in [0, 0.05) is 47.9 Å². The molecule has 7 heteroatoms. The van der Waals surface area contributed by atoms with Gasteiger partial charge in [0.2, 0.25) is 0 Å². The van der Waals surface area contributed by atoms with Crippen LogP contribution in [0.5, 0.6) is 0 Å². The fourth-order valence-electron chi connectivity index (χ4n) is 4.79. The highest BCUT2D eigenvalue weighted by molar-refractivity contribution is 6.07. The molecule has 0 bridgehead atoms. The molecule has 2 aromatic carbocycles. The Kier molecular flexibility index (Phi) is 7.30. The maximum atomic E-state index is 13.0. The molecule has 3 heterocycles. The molecule has 186 valence electrons. The van der Waals surface area contributed by atoms with Crippen LogP contribution in [0.3, 0.4) is 0 Å². The van der Waals surface area contributed by atoms with Crippen molar-refractivity contribution in [3.8, 4) is 22.4 Å². The summed E-state index contributed by atoms with van der Waals surface area (Å²) in [5.74, 6) is -0.0912. The minimum atomic E-state index is -0.159. The first-order valence-corrected chi connectivity index (χ1v) is 12.7. The summed E-state index contributed by atoms with van der Waals surface area (Å²) in [6.07, 6.45) is 3.48. The number of benzene rings is 2. The standard InChI is InChI=1S/C29H32N4O3/c1-2-20-6-8-21(9-7-20)26-24-19-22(28(34)30-13-4-14-33-15-17-36-18-16-33)10-11-25(24)32-27(26)23-5-3-12-31-29(23)35/h3,5-12,19,32H,2,4,13-18H2,1H3,(H,30,34)(H,31,35). The molecule has 0 atom stereocenters. The zero-order valence-electron chi connectivity index (χ0n) is 20.6. The molecular formula is C29H32N4O3. The van der Waals surface area contributed by atoms with Gasteiger partial charge in [0.25, 0.3) is 11.5 Å². The number of nitrogens with one attached hydrogen (secondary N) is 3. The lowest BCUT2D eigenvalue weighted by Gasteiger charge is -2.26. The van der Waals surface area contributed by atoms with Crippen molar-refractivity contribution in [2.75, 3.05) is 39.4 Å². The third-order valence-electron chi connectivity index (χ3n) is 6.84. The van der Waals surface area contributed by atoms with Crippen LogP contribution in [0, 0.1) is 0 Å². The minimum Gasteiger partial charge on any atom is -0.379 e. The first-order valence-electron chi connectivity index (χ1n) is 12.7. The van der Waals surface area contributed by atoms with Crippen LogP contribution in [0.1, 0.15) is 29.3 Å². The van der Waals surface area contributed by atoms with Crippen LogP contribution in [0.25, 0.3) is 33.3 Å². The Balaban J connectivity index is 1.44. The molecule has 2 aromatic heterocycles. The second-order valence-corrected chi connectivity index (χ2v) is 9.16. The Bertz CT molecular complexity index is 1400. The van der Waals surface area contributed by atoms with E-state index in [0.29, 0.717) is 17.7 Å². The normalized spacial score (nSPS) is 14.2. The van der Waals surface area contributed by atoms with Crippen LogP contribution in [0.4, 0.5) is 0 Å². The lowest BCUT2D eigenvalue weighted by Crippen LogP contribution is -2.38. The van der Waals surface area contributed by atoms with E-state index in [9.17, 15) is 9.59 Å². The summed E-state index contributed by atoms with van der Waals surface area (Å²) in [7, 11) is 0. The van der Waals surface area contributed by atoms with Gasteiger partial charge in [0.1, 0.15) is 0 Å². The number of rotatable bonds is 8. The van der Waals surface area contributed by atoms with Crippen molar-refractivity contribution in [3.63, 3.8) is 0 Å². The molecule has 36 heavy (non-hydrogen) atoms. The highest BCUT2D eigenvalue weighted by Gasteiger charge is 2.19. The summed E-state index contributed by atoms with van der Waals surface area (Å²) in [6, 6.07) is 17.7. The SMILES string of the molecule is CCc1ccc(-c2c(-c3ccc[nH]c3=O)[nH]c3ccc(C(=O)NCCCN4CCOCC4)cc23)cc1. The van der Waals surface area contributed by atoms with E-state index in [4.69, 9.17) is 4.74 Å². The molecule has 4 aromatic rings. The lowest BCUT2D eigenvalue weighted by molar-refractivity contribution is 0.0374. The number of aromatic amines is 2. The predicted octanol–water partition coefficient (Wildman–Crippen LogP) is 4.20. The summed E-state index contributed by atoms with van der Waals surface area (Å²) < 4.78 is 5.39. The molecule has 0 aliphatic carbocycles. The van der Waals surface area contributed by atoms with Gasteiger partial charge in [-0.15, -0.1) is 0 Å². The summed E-state index contributed by atoms with van der Waals surface area (Å²) in [5, 5.41) is 3.98. The molecule has 3 N–H and O–H groups in total. The van der Waals surface area contributed by atoms with Gasteiger partial charge in [-0.1, -0.05) is 31.2 Å². The fraction of sp³-hybridized carbons (Fsp3) is 0.310. The number of hydrogen-bond donors (Lipinski definition) is 3. The number of aryl methyl sites for hydroxylation is 1. The number of amides is 1. The molecule has 1 aliphatic heterocycles. The number of hydrogen-bond acceptors (Lipinski definition) is 4. The van der Waals surface area contributed by atoms with Crippen LogP contribution in [0.15, 0.2) is 65.6 Å². The van der Waals surface area contributed by atoms with Gasteiger partial charge in [-0.05, 0) is 60.8 Å². The van der Waals surface area contributed by atoms with Gasteiger partial charge in [-0.3, -0.25) is 14.5 Å². The molecule has 5 rings (SSSR count). The van der Waals surface area contributed by atoms with Gasteiger partial charge in [-0.25, -0.2) is 0 Å². The number of fused-ring (bicyclic) bond motifs is 1. The Morgan fingerprint density at radius 2 is 1.89 bits per heavy atom. The molecule has 0 unspecified atom stereocenters. The molecule has 1 aliphatic rings. The molecular weight excluding hydrogens is 452 g/mol. The fourth-order valence-corrected chi connectivity index (χ4v) is 4.79. The van der Waals surface area contributed by atoms with Crippen LogP contribution >= 0.6 is 0 Å². The van der Waals surface area contributed by atoms with E-state index in [0.717, 1.165) is 73.4 Å². The third-order valence-corrected chi connectivity index (χ3v) is 6.84. The van der Waals surface area contributed by atoms with Gasteiger partial charge >= 0.3 is 0 Å². The van der Waals surface area contributed by atoms with Gasteiger partial charge in [0.15, 0.2) is 0 Å². The molecule has 1 saturated heterocycles. The summed E-state index contributed by atoms with van der Waals surface area (Å²) in [4.78, 5) is 34.2. The van der Waals surface area contributed by atoms with Crippen molar-refractivity contribution >= 4 is 16.8 Å². The second kappa shape index (κ2) is 10.9. The third kappa shape index (κ3) is 5.12. The topological polar surface area (TPSA) is 90.2 Å². The van der Waals surface area contributed by atoms with E-state index in [-0.39, 0.29) is 11.5 Å². The van der Waals surface area contributed by atoms with Crippen LogP contribution < -0.4 is 10.9 Å². The Hall–Kier alpha value is -3.68. The van der Waals surface area contributed by atoms with Crippen LogP contribution in [-0.4, -0.2) is 60.2 Å². The smallest absolute Gasteiger partial charge is 0.257 e. The monoisotopic (exact) mass is 484 g/mol.